The van der Waals surface area contributed by atoms with Gasteiger partial charge in [0.05, 0.1) is 38.2 Å². The Balaban J connectivity index is 1.43. The van der Waals surface area contributed by atoms with Crippen molar-refractivity contribution in [2.24, 2.45) is 5.92 Å². The molecule has 2 aromatic carbocycles. The van der Waals surface area contributed by atoms with E-state index in [1.165, 1.54) is 5.56 Å². The third kappa shape index (κ3) is 7.63. The fraction of sp³-hybridized carbons (Fsp3) is 0.613. The highest BCUT2D eigenvalue weighted by atomic mass is 16.5. The van der Waals surface area contributed by atoms with Gasteiger partial charge in [0.25, 0.3) is 0 Å². The first kappa shape index (κ1) is 28.7. The van der Waals surface area contributed by atoms with Gasteiger partial charge in [-0.3, -0.25) is 0 Å². The number of aliphatic hydroxyl groups is 1. The third-order valence-electron chi connectivity index (χ3n) is 7.94. The van der Waals surface area contributed by atoms with Gasteiger partial charge in [-0.1, -0.05) is 32.0 Å². The van der Waals surface area contributed by atoms with Crippen LogP contribution in [0.3, 0.4) is 0 Å². The van der Waals surface area contributed by atoms with Crippen molar-refractivity contribution in [3.05, 3.63) is 53.6 Å². The van der Waals surface area contributed by atoms with E-state index in [2.05, 4.69) is 54.4 Å². The molecule has 0 amide bonds. The molecule has 1 fully saturated rings. The van der Waals surface area contributed by atoms with E-state index >= 15 is 0 Å². The van der Waals surface area contributed by atoms with Crippen molar-refractivity contribution < 1.29 is 24.1 Å². The van der Waals surface area contributed by atoms with E-state index in [0.29, 0.717) is 19.3 Å². The predicted octanol–water partition coefficient (Wildman–Crippen LogP) is 4.76. The fourth-order valence-corrected chi connectivity index (χ4v) is 5.51. The zero-order valence-corrected chi connectivity index (χ0v) is 23.5. The second kappa shape index (κ2) is 14.2. The molecule has 0 spiro atoms. The van der Waals surface area contributed by atoms with Crippen molar-refractivity contribution in [1.29, 1.82) is 0 Å². The van der Waals surface area contributed by atoms with E-state index in [0.717, 1.165) is 74.7 Å². The first-order valence-electron chi connectivity index (χ1n) is 14.1. The van der Waals surface area contributed by atoms with Crippen molar-refractivity contribution in [3.63, 3.8) is 0 Å². The van der Waals surface area contributed by atoms with Gasteiger partial charge in [-0.25, -0.2) is 0 Å². The topological polar surface area (TPSA) is 72.4 Å². The number of benzene rings is 2. The lowest BCUT2D eigenvalue weighted by Gasteiger charge is -2.38. The summed E-state index contributed by atoms with van der Waals surface area (Å²) in [6.45, 7) is 8.80. The summed E-state index contributed by atoms with van der Waals surface area (Å²) in [6.07, 6.45) is 3.54. The maximum absolute atomic E-state index is 10.3. The average Bonchev–Trinajstić information content (AvgIpc) is 2.95. The van der Waals surface area contributed by atoms with Gasteiger partial charge in [0.2, 0.25) is 0 Å². The lowest BCUT2D eigenvalue weighted by molar-refractivity contribution is 0.000675. The highest BCUT2D eigenvalue weighted by molar-refractivity contribution is 5.61. The normalized spacial score (nSPS) is 22.2. The maximum Gasteiger partial charge on any atom is 0.142 e. The molecule has 0 aromatic heterocycles. The van der Waals surface area contributed by atoms with E-state index < -0.39 is 0 Å². The molecular weight excluding hydrogens is 480 g/mol. The Morgan fingerprint density at radius 2 is 1.95 bits per heavy atom. The van der Waals surface area contributed by atoms with Crippen LogP contribution in [0.1, 0.15) is 56.6 Å². The van der Waals surface area contributed by atoms with Gasteiger partial charge in [-0.2, -0.15) is 0 Å². The van der Waals surface area contributed by atoms with Crippen molar-refractivity contribution >= 4 is 5.69 Å². The summed E-state index contributed by atoms with van der Waals surface area (Å²) in [5.74, 6) is 2.36. The first-order chi connectivity index (χ1) is 18.5. The number of fused-ring (bicyclic) bond motifs is 1. The van der Waals surface area contributed by atoms with Crippen LogP contribution in [0.4, 0.5) is 5.69 Å². The first-order valence-corrected chi connectivity index (χ1v) is 14.1. The third-order valence-corrected chi connectivity index (χ3v) is 7.94. The van der Waals surface area contributed by atoms with Crippen LogP contribution in [-0.4, -0.2) is 70.4 Å². The SMILES string of the molecule is COCCCN1CCOc2ccc(CO[C@H]3CNC(CCC(O)C(C)C)C[C@@H]3c3ccc(OC)cc3)cc21. The van der Waals surface area contributed by atoms with Crippen LogP contribution in [0.5, 0.6) is 11.5 Å². The summed E-state index contributed by atoms with van der Waals surface area (Å²) in [6, 6.07) is 15.2. The summed E-state index contributed by atoms with van der Waals surface area (Å²) >= 11 is 0. The van der Waals surface area contributed by atoms with Crippen molar-refractivity contribution in [2.75, 3.05) is 52.0 Å². The summed E-state index contributed by atoms with van der Waals surface area (Å²) < 4.78 is 23.2. The lowest BCUT2D eigenvalue weighted by Crippen LogP contribution is -2.47. The number of piperidine rings is 1. The highest BCUT2D eigenvalue weighted by Crippen LogP contribution is 2.35. The van der Waals surface area contributed by atoms with E-state index in [1.807, 2.05) is 12.1 Å². The zero-order valence-electron chi connectivity index (χ0n) is 23.5. The molecule has 2 aromatic rings. The summed E-state index contributed by atoms with van der Waals surface area (Å²) in [5.41, 5.74) is 3.57. The van der Waals surface area contributed by atoms with Crippen LogP contribution < -0.4 is 19.7 Å². The van der Waals surface area contributed by atoms with Gasteiger partial charge >= 0.3 is 0 Å². The minimum absolute atomic E-state index is 0.0553. The summed E-state index contributed by atoms with van der Waals surface area (Å²) in [4.78, 5) is 2.39. The molecule has 4 atom stereocenters. The Morgan fingerprint density at radius 3 is 2.68 bits per heavy atom. The molecule has 1 saturated heterocycles. The number of anilines is 1. The molecule has 0 aliphatic carbocycles. The highest BCUT2D eigenvalue weighted by Gasteiger charge is 2.32. The molecule has 0 radical (unpaired) electrons. The van der Waals surface area contributed by atoms with Crippen molar-refractivity contribution in [3.8, 4) is 11.5 Å². The lowest BCUT2D eigenvalue weighted by atomic mass is 9.82. The van der Waals surface area contributed by atoms with Gasteiger partial charge in [0.15, 0.2) is 0 Å². The standard InChI is InChI=1S/C31H46N2O5/c1-22(2)29(34)12-9-25-19-27(24-7-10-26(36-4)11-8-24)31(20-32-25)38-21-23-6-13-30-28(18-23)33(15-17-37-30)14-5-16-35-3/h6-8,10-11,13,18,22,25,27,29,31-32,34H,5,9,12,14-17,19-21H2,1-4H3/t25?,27-,29?,31+/m1/s1. The summed E-state index contributed by atoms with van der Waals surface area (Å²) in [5, 5.41) is 14.0. The number of aliphatic hydroxyl groups excluding tert-OH is 1. The van der Waals surface area contributed by atoms with E-state index in [9.17, 15) is 5.11 Å². The summed E-state index contributed by atoms with van der Waals surface area (Å²) in [7, 11) is 3.45. The van der Waals surface area contributed by atoms with Crippen molar-refractivity contribution in [2.45, 2.75) is 70.3 Å². The number of hydrogen-bond donors (Lipinski definition) is 2. The number of nitrogens with one attached hydrogen (secondary N) is 1. The minimum atomic E-state index is -0.257. The largest absolute Gasteiger partial charge is 0.497 e. The van der Waals surface area contributed by atoms with Crippen LogP contribution in [0.15, 0.2) is 42.5 Å². The average molecular weight is 527 g/mol. The number of methoxy groups -OCH3 is 2. The molecule has 2 heterocycles. The molecule has 2 N–H and O–H groups in total. The smallest absolute Gasteiger partial charge is 0.142 e. The Labute approximate surface area is 228 Å². The van der Waals surface area contributed by atoms with E-state index in [1.54, 1.807) is 14.2 Å². The van der Waals surface area contributed by atoms with Gasteiger partial charge in [-0.15, -0.1) is 0 Å². The molecule has 7 nitrogen and oxygen atoms in total. The quantitative estimate of drug-likeness (QED) is 0.365. The Bertz CT molecular complexity index is 983. The van der Waals surface area contributed by atoms with Gasteiger partial charge < -0.3 is 34.3 Å². The monoisotopic (exact) mass is 526 g/mol. The van der Waals surface area contributed by atoms with Crippen LogP contribution >= 0.6 is 0 Å². The van der Waals surface area contributed by atoms with Crippen molar-refractivity contribution in [1.82, 2.24) is 5.32 Å². The van der Waals surface area contributed by atoms with Gasteiger partial charge in [-0.05, 0) is 67.0 Å². The molecule has 2 aliphatic heterocycles. The molecule has 0 bridgehead atoms. The molecule has 0 saturated carbocycles. The molecule has 2 aliphatic rings. The van der Waals surface area contributed by atoms with E-state index in [-0.39, 0.29) is 24.0 Å². The molecule has 2 unspecified atom stereocenters. The van der Waals surface area contributed by atoms with Crippen LogP contribution in [-0.2, 0) is 16.1 Å². The minimum Gasteiger partial charge on any atom is -0.497 e. The Hall–Kier alpha value is -2.32. The van der Waals surface area contributed by atoms with Gasteiger partial charge in [0, 0.05) is 38.8 Å². The molecule has 38 heavy (non-hydrogen) atoms. The second-order valence-electron chi connectivity index (χ2n) is 10.9. The molecular formula is C31H46N2O5. The number of rotatable bonds is 13. The number of ether oxygens (including phenoxy) is 4. The molecule has 210 valence electrons. The molecule has 7 heteroatoms. The van der Waals surface area contributed by atoms with Gasteiger partial charge in [0.1, 0.15) is 18.1 Å². The van der Waals surface area contributed by atoms with Crippen LogP contribution in [0.25, 0.3) is 0 Å². The van der Waals surface area contributed by atoms with Crippen LogP contribution in [0, 0.1) is 5.92 Å². The fourth-order valence-electron chi connectivity index (χ4n) is 5.51. The second-order valence-corrected chi connectivity index (χ2v) is 10.9. The Kier molecular flexibility index (Phi) is 10.7. The molecule has 4 rings (SSSR count). The Morgan fingerprint density at radius 1 is 1.13 bits per heavy atom. The predicted molar refractivity (Wildman–Crippen MR) is 151 cm³/mol. The van der Waals surface area contributed by atoms with E-state index in [4.69, 9.17) is 18.9 Å². The zero-order chi connectivity index (χ0) is 26.9. The number of hydrogen-bond acceptors (Lipinski definition) is 7. The van der Waals surface area contributed by atoms with Crippen LogP contribution in [0.2, 0.25) is 0 Å². The maximum atomic E-state index is 10.3. The number of nitrogens with zero attached hydrogens (tertiary/aromatic N) is 1.